The van der Waals surface area contributed by atoms with Crippen LogP contribution in [0.2, 0.25) is 0 Å². The molecular formula is C17H14ClNO. The Labute approximate surface area is 124 Å². The third kappa shape index (κ3) is 2.70. The molecule has 2 aromatic carbocycles. The predicted octanol–water partition coefficient (Wildman–Crippen LogP) is 4.29. The van der Waals surface area contributed by atoms with Crippen LogP contribution in [0.25, 0.3) is 0 Å². The SMILES string of the molecule is Cc1ccc(N=C2C=CC(=O)c3ccccc32)cc1.Cl. The third-order valence-electron chi connectivity index (χ3n) is 3.14. The van der Waals surface area contributed by atoms with Crippen molar-refractivity contribution in [2.75, 3.05) is 0 Å². The van der Waals surface area contributed by atoms with E-state index in [2.05, 4.69) is 4.99 Å². The minimum atomic E-state index is 0. The van der Waals surface area contributed by atoms with Crippen LogP contribution in [-0.2, 0) is 0 Å². The first-order valence-electron chi connectivity index (χ1n) is 6.21. The van der Waals surface area contributed by atoms with Gasteiger partial charge in [0.15, 0.2) is 5.78 Å². The number of nitrogens with zero attached hydrogens (tertiary/aromatic N) is 1. The van der Waals surface area contributed by atoms with Crippen molar-refractivity contribution in [2.45, 2.75) is 6.92 Å². The highest BCUT2D eigenvalue weighted by molar-refractivity contribution is 6.24. The van der Waals surface area contributed by atoms with E-state index < -0.39 is 0 Å². The molecule has 2 aromatic rings. The van der Waals surface area contributed by atoms with Crippen LogP contribution in [0.15, 0.2) is 65.7 Å². The van der Waals surface area contributed by atoms with Gasteiger partial charge in [-0.05, 0) is 31.2 Å². The van der Waals surface area contributed by atoms with Crippen LogP contribution >= 0.6 is 12.4 Å². The Kier molecular flexibility index (Phi) is 4.16. The zero-order valence-corrected chi connectivity index (χ0v) is 11.9. The molecule has 0 fully saturated rings. The second kappa shape index (κ2) is 5.85. The monoisotopic (exact) mass is 283 g/mol. The molecule has 2 nitrogen and oxygen atoms in total. The van der Waals surface area contributed by atoms with Gasteiger partial charge >= 0.3 is 0 Å². The van der Waals surface area contributed by atoms with E-state index in [-0.39, 0.29) is 18.2 Å². The van der Waals surface area contributed by atoms with Gasteiger partial charge in [0.05, 0.1) is 11.4 Å². The lowest BCUT2D eigenvalue weighted by atomic mass is 9.94. The maximum atomic E-state index is 11.8. The Morgan fingerprint density at radius 3 is 2.20 bits per heavy atom. The first kappa shape index (κ1) is 14.2. The fourth-order valence-electron chi connectivity index (χ4n) is 2.11. The summed E-state index contributed by atoms with van der Waals surface area (Å²) in [5.74, 6) is 0.0402. The fourth-order valence-corrected chi connectivity index (χ4v) is 2.11. The Bertz CT molecular complexity index is 699. The molecule has 0 unspecified atom stereocenters. The number of hydrogen-bond donors (Lipinski definition) is 0. The van der Waals surface area contributed by atoms with Gasteiger partial charge in [-0.25, -0.2) is 4.99 Å². The smallest absolute Gasteiger partial charge is 0.186 e. The van der Waals surface area contributed by atoms with Crippen LogP contribution < -0.4 is 0 Å². The Balaban J connectivity index is 0.00000147. The van der Waals surface area contributed by atoms with Gasteiger partial charge in [-0.2, -0.15) is 0 Å². The summed E-state index contributed by atoms with van der Waals surface area (Å²) in [6.45, 7) is 2.05. The molecule has 0 amide bonds. The second-order valence-electron chi connectivity index (χ2n) is 4.58. The maximum absolute atomic E-state index is 11.8. The van der Waals surface area contributed by atoms with E-state index in [0.717, 1.165) is 22.5 Å². The van der Waals surface area contributed by atoms with Crippen LogP contribution in [0.4, 0.5) is 5.69 Å². The summed E-state index contributed by atoms with van der Waals surface area (Å²) in [4.78, 5) is 16.4. The molecule has 0 radical (unpaired) electrons. The second-order valence-corrected chi connectivity index (χ2v) is 4.58. The van der Waals surface area contributed by atoms with E-state index in [9.17, 15) is 4.79 Å². The molecule has 20 heavy (non-hydrogen) atoms. The number of hydrogen-bond acceptors (Lipinski definition) is 2. The summed E-state index contributed by atoms with van der Waals surface area (Å²) in [6, 6.07) is 15.6. The highest BCUT2D eigenvalue weighted by atomic mass is 35.5. The van der Waals surface area contributed by atoms with Crippen LogP contribution in [0.5, 0.6) is 0 Å². The Morgan fingerprint density at radius 2 is 1.50 bits per heavy atom. The lowest BCUT2D eigenvalue weighted by Gasteiger charge is -2.11. The fraction of sp³-hybridized carbons (Fsp3) is 0.0588. The van der Waals surface area contributed by atoms with Crippen molar-refractivity contribution in [1.29, 1.82) is 0 Å². The van der Waals surface area contributed by atoms with E-state index >= 15 is 0 Å². The molecule has 100 valence electrons. The van der Waals surface area contributed by atoms with Crippen LogP contribution in [0.3, 0.4) is 0 Å². The molecule has 0 heterocycles. The zero-order valence-electron chi connectivity index (χ0n) is 11.0. The summed E-state index contributed by atoms with van der Waals surface area (Å²) in [5, 5.41) is 0. The number of carbonyl (C=O) groups is 1. The minimum absolute atomic E-state index is 0. The van der Waals surface area contributed by atoms with Crippen LogP contribution in [0.1, 0.15) is 21.5 Å². The molecule has 0 N–H and O–H groups in total. The van der Waals surface area contributed by atoms with Crippen molar-refractivity contribution in [3.8, 4) is 0 Å². The summed E-state index contributed by atoms with van der Waals surface area (Å²) < 4.78 is 0. The summed E-state index contributed by atoms with van der Waals surface area (Å²) in [5.41, 5.74) is 4.55. The number of benzene rings is 2. The van der Waals surface area contributed by atoms with Crippen molar-refractivity contribution in [2.24, 2.45) is 4.99 Å². The van der Waals surface area contributed by atoms with Gasteiger partial charge in [0.25, 0.3) is 0 Å². The molecule has 0 aromatic heterocycles. The van der Waals surface area contributed by atoms with Gasteiger partial charge in [0.2, 0.25) is 0 Å². The Hall–Kier alpha value is -2.19. The van der Waals surface area contributed by atoms with Crippen molar-refractivity contribution in [1.82, 2.24) is 0 Å². The first-order valence-corrected chi connectivity index (χ1v) is 6.21. The quantitative estimate of drug-likeness (QED) is 0.768. The molecule has 0 saturated heterocycles. The Morgan fingerprint density at radius 1 is 0.850 bits per heavy atom. The van der Waals surface area contributed by atoms with Gasteiger partial charge in [0, 0.05) is 11.1 Å². The number of fused-ring (bicyclic) bond motifs is 1. The third-order valence-corrected chi connectivity index (χ3v) is 3.14. The summed E-state index contributed by atoms with van der Waals surface area (Å²) in [7, 11) is 0. The normalized spacial score (nSPS) is 14.8. The summed E-state index contributed by atoms with van der Waals surface area (Å²) in [6.07, 6.45) is 3.36. The van der Waals surface area contributed by atoms with Crippen LogP contribution in [0, 0.1) is 6.92 Å². The number of aryl methyl sites for hydroxylation is 1. The van der Waals surface area contributed by atoms with Gasteiger partial charge in [-0.1, -0.05) is 42.0 Å². The first-order chi connectivity index (χ1) is 9.24. The molecule has 0 atom stereocenters. The highest BCUT2D eigenvalue weighted by Crippen LogP contribution is 2.21. The zero-order chi connectivity index (χ0) is 13.2. The average molecular weight is 284 g/mol. The number of aliphatic imine (C=N–C) groups is 1. The lowest BCUT2D eigenvalue weighted by Crippen LogP contribution is -2.11. The van der Waals surface area contributed by atoms with Gasteiger partial charge < -0.3 is 0 Å². The van der Waals surface area contributed by atoms with E-state index in [1.54, 1.807) is 12.2 Å². The molecule has 3 rings (SSSR count). The standard InChI is InChI=1S/C17H13NO.ClH/c1-12-6-8-13(9-7-12)18-16-10-11-17(19)15-5-3-2-4-14(15)16;/h2-11H,1H3;1H. The maximum Gasteiger partial charge on any atom is 0.186 e. The van der Waals surface area contributed by atoms with E-state index in [4.69, 9.17) is 0 Å². The van der Waals surface area contributed by atoms with Crippen molar-refractivity contribution < 1.29 is 4.79 Å². The predicted molar refractivity (Wildman–Crippen MR) is 84.5 cm³/mol. The number of rotatable bonds is 1. The average Bonchev–Trinajstić information content (AvgIpc) is 2.45. The molecule has 1 aliphatic rings. The number of allylic oxidation sites excluding steroid dienone is 2. The van der Waals surface area contributed by atoms with Crippen molar-refractivity contribution >= 4 is 29.6 Å². The minimum Gasteiger partial charge on any atom is -0.289 e. The molecular weight excluding hydrogens is 270 g/mol. The van der Waals surface area contributed by atoms with Gasteiger partial charge in [-0.3, -0.25) is 4.79 Å². The van der Waals surface area contributed by atoms with E-state index in [1.165, 1.54) is 5.56 Å². The van der Waals surface area contributed by atoms with E-state index in [0.29, 0.717) is 0 Å². The van der Waals surface area contributed by atoms with Crippen LogP contribution in [-0.4, -0.2) is 11.5 Å². The largest absolute Gasteiger partial charge is 0.289 e. The molecule has 3 heteroatoms. The molecule has 1 aliphatic carbocycles. The molecule has 0 bridgehead atoms. The van der Waals surface area contributed by atoms with Crippen molar-refractivity contribution in [3.05, 3.63) is 77.4 Å². The molecule has 0 spiro atoms. The van der Waals surface area contributed by atoms with Gasteiger partial charge in [-0.15, -0.1) is 12.4 Å². The lowest BCUT2D eigenvalue weighted by molar-refractivity contribution is 0.104. The number of carbonyl (C=O) groups excluding carboxylic acids is 1. The van der Waals surface area contributed by atoms with Gasteiger partial charge in [0.1, 0.15) is 0 Å². The van der Waals surface area contributed by atoms with E-state index in [1.807, 2.05) is 55.5 Å². The number of halogens is 1. The molecule has 0 saturated carbocycles. The van der Waals surface area contributed by atoms with Crippen molar-refractivity contribution in [3.63, 3.8) is 0 Å². The molecule has 0 aliphatic heterocycles. The summed E-state index contributed by atoms with van der Waals surface area (Å²) >= 11 is 0. The number of ketones is 1. The topological polar surface area (TPSA) is 29.4 Å². The highest BCUT2D eigenvalue weighted by Gasteiger charge is 2.16.